The molecule has 1 aliphatic rings. The Morgan fingerprint density at radius 2 is 1.65 bits per heavy atom. The molecule has 7 heteroatoms. The summed E-state index contributed by atoms with van der Waals surface area (Å²) in [6, 6.07) is 24.2. The Kier molecular flexibility index (Phi) is 5.29. The first-order chi connectivity index (χ1) is 15.1. The normalized spacial score (nSPS) is 18.3. The average molecular weight is 493 g/mol. The number of pyridine rings is 1. The second kappa shape index (κ2) is 8.24. The first-order valence-corrected chi connectivity index (χ1v) is 11.0. The van der Waals surface area contributed by atoms with Gasteiger partial charge in [0.2, 0.25) is 0 Å². The monoisotopic (exact) mass is 492 g/mol. The summed E-state index contributed by atoms with van der Waals surface area (Å²) in [6.45, 7) is 0. The van der Waals surface area contributed by atoms with Gasteiger partial charge in [0.05, 0.1) is 11.7 Å². The number of halogens is 2. The van der Waals surface area contributed by atoms with Crippen LogP contribution in [0.4, 0.5) is 10.1 Å². The highest BCUT2D eigenvalue weighted by Gasteiger charge is 2.42. The van der Waals surface area contributed by atoms with E-state index in [4.69, 9.17) is 12.2 Å². The Balaban J connectivity index is 1.66. The Labute approximate surface area is 193 Å². The van der Waals surface area contributed by atoms with Crippen molar-refractivity contribution in [1.29, 1.82) is 0 Å². The molecule has 2 atom stereocenters. The smallest absolute Gasteiger partial charge is 0.174 e. The van der Waals surface area contributed by atoms with Gasteiger partial charge < -0.3 is 14.8 Å². The molecule has 0 amide bonds. The van der Waals surface area contributed by atoms with Gasteiger partial charge >= 0.3 is 0 Å². The maximum absolute atomic E-state index is 13.5. The lowest BCUT2D eigenvalue weighted by molar-refractivity contribution is 0.549. The zero-order chi connectivity index (χ0) is 21.4. The van der Waals surface area contributed by atoms with Gasteiger partial charge in [0.25, 0.3) is 0 Å². The van der Waals surface area contributed by atoms with Crippen molar-refractivity contribution >= 4 is 38.9 Å². The maximum atomic E-state index is 13.5. The molecular weight excluding hydrogens is 475 g/mol. The van der Waals surface area contributed by atoms with E-state index in [2.05, 4.69) is 41.8 Å². The summed E-state index contributed by atoms with van der Waals surface area (Å²) >= 11 is 9.28. The highest BCUT2D eigenvalue weighted by Crippen LogP contribution is 2.42. The molecule has 5 rings (SSSR count). The van der Waals surface area contributed by atoms with Crippen molar-refractivity contribution in [2.75, 3.05) is 4.90 Å². The summed E-state index contributed by atoms with van der Waals surface area (Å²) in [5.41, 5.74) is 3.80. The number of anilines is 1. The van der Waals surface area contributed by atoms with Crippen LogP contribution < -0.4 is 10.2 Å². The van der Waals surface area contributed by atoms with E-state index in [9.17, 15) is 4.39 Å². The van der Waals surface area contributed by atoms with Crippen LogP contribution in [0, 0.1) is 5.82 Å². The molecule has 1 saturated heterocycles. The third-order valence-corrected chi connectivity index (χ3v) is 6.23. The molecule has 0 unspecified atom stereocenters. The molecule has 2 aromatic carbocycles. The Hall–Kier alpha value is -3.03. The van der Waals surface area contributed by atoms with E-state index in [-0.39, 0.29) is 17.9 Å². The highest BCUT2D eigenvalue weighted by atomic mass is 79.9. The molecule has 3 heterocycles. The topological polar surface area (TPSA) is 33.1 Å². The van der Waals surface area contributed by atoms with E-state index in [1.54, 1.807) is 18.3 Å². The second-order valence-electron chi connectivity index (χ2n) is 7.25. The molecule has 4 aromatic rings. The number of hydrogen-bond donors (Lipinski definition) is 1. The summed E-state index contributed by atoms with van der Waals surface area (Å²) in [5.74, 6) is -0.260. The van der Waals surface area contributed by atoms with Crippen LogP contribution in [0.2, 0.25) is 0 Å². The van der Waals surface area contributed by atoms with Crippen molar-refractivity contribution in [3.63, 3.8) is 0 Å². The first-order valence-electron chi connectivity index (χ1n) is 9.81. The molecule has 0 saturated carbocycles. The lowest BCUT2D eigenvalue weighted by Crippen LogP contribution is -2.30. The number of nitrogens with one attached hydrogen (secondary N) is 1. The van der Waals surface area contributed by atoms with E-state index in [1.807, 2.05) is 54.7 Å². The van der Waals surface area contributed by atoms with E-state index in [1.165, 1.54) is 12.1 Å². The van der Waals surface area contributed by atoms with Gasteiger partial charge in [0, 0.05) is 33.9 Å². The number of nitrogens with zero attached hydrogens (tertiary/aromatic N) is 3. The minimum absolute atomic E-state index is 0.147. The van der Waals surface area contributed by atoms with E-state index in [0.29, 0.717) is 5.11 Å². The molecule has 1 aliphatic heterocycles. The zero-order valence-electron chi connectivity index (χ0n) is 16.3. The highest BCUT2D eigenvalue weighted by molar-refractivity contribution is 9.10. The molecular formula is C24H18BrFN4S. The number of benzene rings is 2. The lowest BCUT2D eigenvalue weighted by atomic mass is 10.0. The first kappa shape index (κ1) is 19.9. The van der Waals surface area contributed by atoms with E-state index in [0.717, 1.165) is 27.2 Å². The van der Waals surface area contributed by atoms with Gasteiger partial charge in [0.15, 0.2) is 5.11 Å². The molecule has 31 heavy (non-hydrogen) atoms. The third kappa shape index (κ3) is 3.75. The molecule has 0 bridgehead atoms. The van der Waals surface area contributed by atoms with Gasteiger partial charge in [0.1, 0.15) is 11.9 Å². The molecule has 2 aromatic heterocycles. The van der Waals surface area contributed by atoms with Crippen LogP contribution in [0.1, 0.15) is 23.5 Å². The Morgan fingerprint density at radius 1 is 0.903 bits per heavy atom. The van der Waals surface area contributed by atoms with Crippen molar-refractivity contribution in [3.05, 3.63) is 113 Å². The fraction of sp³-hybridized carbons (Fsp3) is 0.0833. The fourth-order valence-electron chi connectivity index (χ4n) is 4.01. The standard InChI is InChI=1S/C24H18BrFN4S/c25-16-6-10-19(11-7-16)30-23(22(28-24(30)31)20-4-1-2-14-27-20)21-5-3-15-29(21)18-12-8-17(26)9-13-18/h1-15,22-23H,(H,28,31)/t22-,23-/m0/s1. The van der Waals surface area contributed by atoms with Crippen LogP contribution in [0.5, 0.6) is 0 Å². The van der Waals surface area contributed by atoms with Crippen molar-refractivity contribution < 1.29 is 4.39 Å². The van der Waals surface area contributed by atoms with Crippen LogP contribution in [0.25, 0.3) is 5.69 Å². The van der Waals surface area contributed by atoms with Crippen LogP contribution >= 0.6 is 28.1 Å². The summed E-state index contributed by atoms with van der Waals surface area (Å²) in [5, 5.41) is 4.10. The van der Waals surface area contributed by atoms with Crippen molar-refractivity contribution in [2.45, 2.75) is 12.1 Å². The molecule has 0 spiro atoms. The Morgan fingerprint density at radius 3 is 2.35 bits per heavy atom. The number of rotatable bonds is 4. The van der Waals surface area contributed by atoms with Crippen molar-refractivity contribution in [3.8, 4) is 5.69 Å². The van der Waals surface area contributed by atoms with Crippen LogP contribution in [-0.2, 0) is 0 Å². The molecule has 154 valence electrons. The van der Waals surface area contributed by atoms with Gasteiger partial charge in [-0.2, -0.15) is 0 Å². The SMILES string of the molecule is Fc1ccc(-n2cccc2[C@H]2[C@H](c3ccccn3)NC(=S)N2c2ccc(Br)cc2)cc1. The molecule has 0 aliphatic carbocycles. The van der Waals surface area contributed by atoms with E-state index < -0.39 is 0 Å². The number of aromatic nitrogens is 2. The van der Waals surface area contributed by atoms with Crippen LogP contribution in [0.15, 0.2) is 95.7 Å². The van der Waals surface area contributed by atoms with Crippen molar-refractivity contribution in [2.24, 2.45) is 0 Å². The number of thiocarbonyl (C=S) groups is 1. The summed E-state index contributed by atoms with van der Waals surface area (Å²) in [6.07, 6.45) is 3.78. The van der Waals surface area contributed by atoms with Gasteiger partial charge in [-0.1, -0.05) is 22.0 Å². The quantitative estimate of drug-likeness (QED) is 0.356. The lowest BCUT2D eigenvalue weighted by Gasteiger charge is -2.29. The van der Waals surface area contributed by atoms with Gasteiger partial charge in [-0.25, -0.2) is 4.39 Å². The summed E-state index contributed by atoms with van der Waals surface area (Å²) < 4.78 is 16.6. The molecule has 0 radical (unpaired) electrons. The average Bonchev–Trinajstić information content (AvgIpc) is 3.40. The number of hydrogen-bond acceptors (Lipinski definition) is 2. The van der Waals surface area contributed by atoms with Gasteiger partial charge in [-0.15, -0.1) is 0 Å². The predicted octanol–water partition coefficient (Wildman–Crippen LogP) is 5.95. The second-order valence-corrected chi connectivity index (χ2v) is 8.55. The van der Waals surface area contributed by atoms with Gasteiger partial charge in [-0.05, 0) is 85.0 Å². The van der Waals surface area contributed by atoms with Crippen LogP contribution in [0.3, 0.4) is 0 Å². The van der Waals surface area contributed by atoms with E-state index >= 15 is 0 Å². The predicted molar refractivity (Wildman–Crippen MR) is 128 cm³/mol. The minimum atomic E-state index is -0.260. The Bertz CT molecular complexity index is 1210. The van der Waals surface area contributed by atoms with Gasteiger partial charge in [-0.3, -0.25) is 4.98 Å². The third-order valence-electron chi connectivity index (χ3n) is 5.39. The molecule has 4 nitrogen and oxygen atoms in total. The minimum Gasteiger partial charge on any atom is -0.351 e. The largest absolute Gasteiger partial charge is 0.351 e. The summed E-state index contributed by atoms with van der Waals surface area (Å²) in [7, 11) is 0. The molecule has 1 fully saturated rings. The maximum Gasteiger partial charge on any atom is 0.174 e. The fourth-order valence-corrected chi connectivity index (χ4v) is 4.62. The van der Waals surface area contributed by atoms with Crippen molar-refractivity contribution in [1.82, 2.24) is 14.9 Å². The molecule has 1 N–H and O–H groups in total. The summed E-state index contributed by atoms with van der Waals surface area (Å²) in [4.78, 5) is 6.72. The van der Waals surface area contributed by atoms with Crippen LogP contribution in [-0.4, -0.2) is 14.7 Å². The zero-order valence-corrected chi connectivity index (χ0v) is 18.7.